The minimum absolute atomic E-state index is 0.0570. The summed E-state index contributed by atoms with van der Waals surface area (Å²) in [6.45, 7) is 1.72. The van der Waals surface area contributed by atoms with Crippen molar-refractivity contribution in [1.29, 1.82) is 0 Å². The number of halogens is 2. The normalized spacial score (nSPS) is 15.8. The second-order valence-corrected chi connectivity index (χ2v) is 6.60. The lowest BCUT2D eigenvalue weighted by Gasteiger charge is -2.07. The fraction of sp³-hybridized carbons (Fsp3) is 0.105. The van der Waals surface area contributed by atoms with Gasteiger partial charge in [-0.15, -0.1) is 0 Å². The molecule has 2 aromatic rings. The van der Waals surface area contributed by atoms with Crippen LogP contribution in [0.15, 0.2) is 41.5 Å². The van der Waals surface area contributed by atoms with E-state index in [2.05, 4.69) is 0 Å². The molecule has 134 valence electrons. The van der Waals surface area contributed by atoms with E-state index in [-0.39, 0.29) is 16.4 Å². The Morgan fingerprint density at radius 3 is 2.35 bits per heavy atom. The molecule has 0 aromatic heterocycles. The number of hydrogen-bond donors (Lipinski definition) is 2. The summed E-state index contributed by atoms with van der Waals surface area (Å²) in [7, 11) is 1.43. The van der Waals surface area contributed by atoms with E-state index in [1.807, 2.05) is 0 Å². The SMILES string of the molecule is COc1ccc(C2=C(C)/C(=C/c3cc(F)c(O)c(F)c3)C(=O)S2)cc1O. The summed E-state index contributed by atoms with van der Waals surface area (Å²) >= 11 is 0.971. The number of phenolic OH excluding ortho intramolecular Hbond substituents is 2. The molecular formula is C19H14F2O4S. The third-order valence-corrected chi connectivity index (χ3v) is 5.10. The number of carbonyl (C=O) groups excluding carboxylic acids is 1. The number of benzene rings is 2. The third kappa shape index (κ3) is 3.17. The van der Waals surface area contributed by atoms with Gasteiger partial charge in [-0.3, -0.25) is 4.79 Å². The van der Waals surface area contributed by atoms with E-state index in [0.717, 1.165) is 23.9 Å². The second-order valence-electron chi connectivity index (χ2n) is 5.62. The second kappa shape index (κ2) is 6.84. The summed E-state index contributed by atoms with van der Waals surface area (Å²) in [5.41, 5.74) is 1.67. The molecule has 2 aromatic carbocycles. The number of allylic oxidation sites excluding steroid dienone is 1. The van der Waals surface area contributed by atoms with Crippen molar-refractivity contribution in [2.45, 2.75) is 6.92 Å². The predicted molar refractivity (Wildman–Crippen MR) is 95.9 cm³/mol. The molecule has 0 saturated heterocycles. The zero-order valence-electron chi connectivity index (χ0n) is 13.8. The number of aromatic hydroxyl groups is 2. The van der Waals surface area contributed by atoms with Gasteiger partial charge in [-0.2, -0.15) is 0 Å². The number of carbonyl (C=O) groups is 1. The molecule has 0 unspecified atom stereocenters. The van der Waals surface area contributed by atoms with Gasteiger partial charge in [-0.25, -0.2) is 8.78 Å². The molecule has 26 heavy (non-hydrogen) atoms. The van der Waals surface area contributed by atoms with Crippen LogP contribution in [0.2, 0.25) is 0 Å². The molecule has 0 atom stereocenters. The van der Waals surface area contributed by atoms with Crippen molar-refractivity contribution in [2.24, 2.45) is 0 Å². The van der Waals surface area contributed by atoms with Crippen LogP contribution in [0.5, 0.6) is 17.2 Å². The minimum atomic E-state index is -1.10. The molecule has 7 heteroatoms. The lowest BCUT2D eigenvalue weighted by atomic mass is 10.0. The number of phenols is 2. The summed E-state index contributed by atoms with van der Waals surface area (Å²) in [6.07, 6.45) is 1.37. The van der Waals surface area contributed by atoms with Crippen LogP contribution in [-0.2, 0) is 4.79 Å². The molecule has 0 bridgehead atoms. The first-order chi connectivity index (χ1) is 12.3. The summed E-state index contributed by atoms with van der Waals surface area (Å²) in [5.74, 6) is -3.00. The van der Waals surface area contributed by atoms with Gasteiger partial charge < -0.3 is 14.9 Å². The number of methoxy groups -OCH3 is 1. The van der Waals surface area contributed by atoms with E-state index in [4.69, 9.17) is 4.74 Å². The Labute approximate surface area is 152 Å². The fourth-order valence-electron chi connectivity index (χ4n) is 2.61. The molecule has 0 aliphatic carbocycles. The highest BCUT2D eigenvalue weighted by Gasteiger charge is 2.27. The summed E-state index contributed by atoms with van der Waals surface area (Å²) in [4.78, 5) is 13.0. The lowest BCUT2D eigenvalue weighted by Crippen LogP contribution is -1.92. The Morgan fingerprint density at radius 2 is 1.77 bits per heavy atom. The Kier molecular flexibility index (Phi) is 4.73. The molecule has 0 amide bonds. The fourth-order valence-corrected chi connectivity index (χ4v) is 3.62. The van der Waals surface area contributed by atoms with Gasteiger partial charge in [0.05, 0.1) is 7.11 Å². The third-order valence-electron chi connectivity index (χ3n) is 3.95. The van der Waals surface area contributed by atoms with Crippen LogP contribution in [0, 0.1) is 11.6 Å². The van der Waals surface area contributed by atoms with E-state index >= 15 is 0 Å². The topological polar surface area (TPSA) is 66.8 Å². The van der Waals surface area contributed by atoms with Crippen LogP contribution < -0.4 is 4.74 Å². The van der Waals surface area contributed by atoms with Crippen LogP contribution >= 0.6 is 11.8 Å². The van der Waals surface area contributed by atoms with Crippen LogP contribution in [-0.4, -0.2) is 22.4 Å². The Morgan fingerprint density at radius 1 is 1.12 bits per heavy atom. The summed E-state index contributed by atoms with van der Waals surface area (Å²) < 4.78 is 32.0. The first-order valence-electron chi connectivity index (χ1n) is 7.52. The summed E-state index contributed by atoms with van der Waals surface area (Å²) in [6, 6.07) is 6.69. The zero-order valence-corrected chi connectivity index (χ0v) is 14.7. The van der Waals surface area contributed by atoms with Gasteiger partial charge in [0.2, 0.25) is 5.12 Å². The van der Waals surface area contributed by atoms with Gasteiger partial charge >= 0.3 is 0 Å². The van der Waals surface area contributed by atoms with Crippen molar-refractivity contribution in [3.63, 3.8) is 0 Å². The molecule has 1 aliphatic heterocycles. The maximum absolute atomic E-state index is 13.5. The Balaban J connectivity index is 2.04. The molecule has 1 aliphatic rings. The monoisotopic (exact) mass is 376 g/mol. The van der Waals surface area contributed by atoms with E-state index in [9.17, 15) is 23.8 Å². The first-order valence-corrected chi connectivity index (χ1v) is 8.34. The predicted octanol–water partition coefficient (Wildman–Crippen LogP) is 4.47. The van der Waals surface area contributed by atoms with Crippen LogP contribution in [0.3, 0.4) is 0 Å². The van der Waals surface area contributed by atoms with Gasteiger partial charge in [0.1, 0.15) is 0 Å². The largest absolute Gasteiger partial charge is 0.504 e. The average molecular weight is 376 g/mol. The van der Waals surface area contributed by atoms with E-state index in [0.29, 0.717) is 27.4 Å². The van der Waals surface area contributed by atoms with Crippen LogP contribution in [0.4, 0.5) is 8.78 Å². The van der Waals surface area contributed by atoms with Gasteiger partial charge in [-0.05, 0) is 71.8 Å². The quantitative estimate of drug-likeness (QED) is 0.774. The molecule has 0 saturated carbocycles. The van der Waals surface area contributed by atoms with Crippen molar-refractivity contribution >= 4 is 27.9 Å². The van der Waals surface area contributed by atoms with Crippen molar-refractivity contribution in [2.75, 3.05) is 7.11 Å². The summed E-state index contributed by atoms with van der Waals surface area (Å²) in [5, 5.41) is 18.8. The van der Waals surface area contributed by atoms with Gasteiger partial charge in [0.15, 0.2) is 28.9 Å². The molecule has 0 fully saturated rings. The maximum atomic E-state index is 13.5. The molecule has 4 nitrogen and oxygen atoms in total. The highest BCUT2D eigenvalue weighted by atomic mass is 32.2. The van der Waals surface area contributed by atoms with Crippen molar-refractivity contribution < 1.29 is 28.5 Å². The Hall–Kier alpha value is -2.80. The van der Waals surface area contributed by atoms with Crippen LogP contribution in [0.1, 0.15) is 18.1 Å². The lowest BCUT2D eigenvalue weighted by molar-refractivity contribution is -0.107. The van der Waals surface area contributed by atoms with Crippen LogP contribution in [0.25, 0.3) is 11.0 Å². The van der Waals surface area contributed by atoms with Gasteiger partial charge in [0.25, 0.3) is 0 Å². The van der Waals surface area contributed by atoms with E-state index < -0.39 is 17.4 Å². The molecule has 2 N–H and O–H groups in total. The number of ether oxygens (including phenoxy) is 1. The van der Waals surface area contributed by atoms with Crippen molar-refractivity contribution in [1.82, 2.24) is 0 Å². The molecular weight excluding hydrogens is 362 g/mol. The molecule has 3 rings (SSSR count). The standard InChI is InChI=1S/C19H14F2O4S/c1-9-12(5-10-6-13(20)17(23)14(21)7-10)19(24)26-18(9)11-3-4-16(25-2)15(22)8-11/h3-8,22-23H,1-2H3/b12-5-. The van der Waals surface area contributed by atoms with Gasteiger partial charge in [0, 0.05) is 10.5 Å². The minimum Gasteiger partial charge on any atom is -0.504 e. The molecule has 0 radical (unpaired) electrons. The maximum Gasteiger partial charge on any atom is 0.224 e. The van der Waals surface area contributed by atoms with Crippen molar-refractivity contribution in [3.05, 3.63) is 64.2 Å². The highest BCUT2D eigenvalue weighted by Crippen LogP contribution is 2.45. The van der Waals surface area contributed by atoms with E-state index in [1.54, 1.807) is 19.1 Å². The van der Waals surface area contributed by atoms with Crippen molar-refractivity contribution in [3.8, 4) is 17.2 Å². The van der Waals surface area contributed by atoms with Gasteiger partial charge in [-0.1, -0.05) is 0 Å². The molecule has 1 heterocycles. The molecule has 0 spiro atoms. The smallest absolute Gasteiger partial charge is 0.224 e. The number of rotatable bonds is 3. The first kappa shape index (κ1) is 18.0. The van der Waals surface area contributed by atoms with E-state index in [1.165, 1.54) is 19.3 Å². The number of hydrogen-bond acceptors (Lipinski definition) is 5. The average Bonchev–Trinajstić information content (AvgIpc) is 2.87. The number of thioether (sulfide) groups is 1. The Bertz CT molecular complexity index is 956. The highest BCUT2D eigenvalue weighted by molar-refractivity contribution is 8.22. The zero-order chi connectivity index (χ0) is 19.0.